The van der Waals surface area contributed by atoms with Gasteiger partial charge in [0.05, 0.1) is 11.0 Å². The van der Waals surface area contributed by atoms with Gasteiger partial charge in [-0.2, -0.15) is 0 Å². The summed E-state index contributed by atoms with van der Waals surface area (Å²) in [5.74, 6) is 0. The molecule has 13 aromatic carbocycles. The molecule has 362 valence electrons. The molecule has 0 aliphatic rings. The van der Waals surface area contributed by atoms with Gasteiger partial charge in [-0.25, -0.2) is 0 Å². The number of benzene rings is 13. The monoisotopic (exact) mass is 981 g/mol. The van der Waals surface area contributed by atoms with Crippen LogP contribution in [0.25, 0.3) is 93.5 Å². The van der Waals surface area contributed by atoms with Gasteiger partial charge in [-0.15, -0.1) is 0 Å². The molecular formula is C74H51N3. The predicted molar refractivity (Wildman–Crippen MR) is 327 cm³/mol. The molecule has 0 atom stereocenters. The second kappa shape index (κ2) is 19.6. The second-order valence-electron chi connectivity index (χ2n) is 19.8. The Hall–Kier alpha value is -10.2. The van der Waals surface area contributed by atoms with Crippen LogP contribution in [-0.4, -0.2) is 4.57 Å². The van der Waals surface area contributed by atoms with Crippen LogP contribution in [0.2, 0.25) is 0 Å². The van der Waals surface area contributed by atoms with E-state index in [4.69, 9.17) is 0 Å². The van der Waals surface area contributed by atoms with Crippen LogP contribution in [0.4, 0.5) is 34.1 Å². The first-order valence-corrected chi connectivity index (χ1v) is 26.4. The van der Waals surface area contributed by atoms with Crippen LogP contribution in [0.3, 0.4) is 0 Å². The standard InChI is InChI=1S/C74H51N3/c1-6-18-52(19-7-1)55-34-39-66(40-35-55)77-73-29-17-16-28-71(73)72-43-38-62(50-74(72)77)63-48-69(75(64-24-12-4-13-25-64)67-41-36-58-44-56(30-32-60(58)46-67)53-20-8-2-9-21-53)51-70(49-63)76(65-26-14-5-15-27-65)68-42-37-59-45-57(31-33-61(59)47-68)54-22-10-3-11-23-54/h1-51H. The predicted octanol–water partition coefficient (Wildman–Crippen LogP) is 20.7. The number of hydrogen-bond donors (Lipinski definition) is 0. The minimum absolute atomic E-state index is 1.04. The minimum atomic E-state index is 1.04. The lowest BCUT2D eigenvalue weighted by molar-refractivity contribution is 1.18. The zero-order chi connectivity index (χ0) is 51.1. The van der Waals surface area contributed by atoms with Crippen molar-refractivity contribution < 1.29 is 0 Å². The molecule has 0 radical (unpaired) electrons. The molecule has 0 unspecified atom stereocenters. The first kappa shape index (κ1) is 45.4. The van der Waals surface area contributed by atoms with E-state index in [0.29, 0.717) is 0 Å². The molecule has 77 heavy (non-hydrogen) atoms. The molecule has 0 amide bonds. The molecular weight excluding hydrogens is 931 g/mol. The maximum Gasteiger partial charge on any atom is 0.0547 e. The van der Waals surface area contributed by atoms with Crippen LogP contribution >= 0.6 is 0 Å². The van der Waals surface area contributed by atoms with Gasteiger partial charge in [-0.1, -0.05) is 206 Å². The summed E-state index contributed by atoms with van der Waals surface area (Å²) in [6, 6.07) is 113. The third-order valence-corrected chi connectivity index (χ3v) is 15.1. The first-order chi connectivity index (χ1) is 38.1. The molecule has 0 N–H and O–H groups in total. The van der Waals surface area contributed by atoms with Gasteiger partial charge < -0.3 is 14.4 Å². The maximum absolute atomic E-state index is 2.43. The third kappa shape index (κ3) is 8.66. The van der Waals surface area contributed by atoms with E-state index in [1.54, 1.807) is 0 Å². The van der Waals surface area contributed by atoms with Crippen molar-refractivity contribution in [2.45, 2.75) is 0 Å². The average molecular weight is 982 g/mol. The quantitative estimate of drug-likeness (QED) is 0.128. The van der Waals surface area contributed by atoms with E-state index in [-0.39, 0.29) is 0 Å². The SMILES string of the molecule is c1ccc(-c2ccc(-n3c4ccccc4c4ccc(-c5cc(N(c6ccccc6)c6ccc7cc(-c8ccccc8)ccc7c6)cc(N(c6ccccc6)c6ccc7cc(-c8ccccc8)ccc7c6)c5)cc43)cc2)cc1. The van der Waals surface area contributed by atoms with Crippen molar-refractivity contribution >= 4 is 77.5 Å². The lowest BCUT2D eigenvalue weighted by Crippen LogP contribution is -2.13. The zero-order valence-electron chi connectivity index (χ0n) is 42.3. The zero-order valence-corrected chi connectivity index (χ0v) is 42.3. The van der Waals surface area contributed by atoms with E-state index in [9.17, 15) is 0 Å². The van der Waals surface area contributed by atoms with Gasteiger partial charge >= 0.3 is 0 Å². The summed E-state index contributed by atoms with van der Waals surface area (Å²) in [6.07, 6.45) is 0. The van der Waals surface area contributed by atoms with Crippen LogP contribution in [0.5, 0.6) is 0 Å². The fourth-order valence-corrected chi connectivity index (χ4v) is 11.3. The van der Waals surface area contributed by atoms with Gasteiger partial charge in [-0.05, 0) is 169 Å². The lowest BCUT2D eigenvalue weighted by atomic mass is 9.99. The highest BCUT2D eigenvalue weighted by Gasteiger charge is 2.22. The number of hydrogen-bond acceptors (Lipinski definition) is 2. The molecule has 3 nitrogen and oxygen atoms in total. The van der Waals surface area contributed by atoms with Gasteiger partial charge in [-0.3, -0.25) is 0 Å². The van der Waals surface area contributed by atoms with E-state index < -0.39 is 0 Å². The Morgan fingerprint density at radius 1 is 0.195 bits per heavy atom. The number of nitrogens with zero attached hydrogens (tertiary/aromatic N) is 3. The van der Waals surface area contributed by atoms with E-state index in [0.717, 1.165) is 56.5 Å². The van der Waals surface area contributed by atoms with Crippen LogP contribution < -0.4 is 9.80 Å². The summed E-state index contributed by atoms with van der Waals surface area (Å²) in [6.45, 7) is 0. The molecule has 0 bridgehead atoms. The van der Waals surface area contributed by atoms with Crippen LogP contribution in [0.15, 0.2) is 309 Å². The van der Waals surface area contributed by atoms with E-state index in [2.05, 4.69) is 324 Å². The molecule has 14 rings (SSSR count). The Bertz CT molecular complexity index is 4230. The molecule has 3 heteroatoms. The normalized spacial score (nSPS) is 11.4. The Kier molecular flexibility index (Phi) is 11.5. The minimum Gasteiger partial charge on any atom is -0.310 e. The molecule has 0 saturated heterocycles. The van der Waals surface area contributed by atoms with Crippen molar-refractivity contribution in [1.29, 1.82) is 0 Å². The van der Waals surface area contributed by atoms with Crippen molar-refractivity contribution in [3.05, 3.63) is 309 Å². The number of anilines is 6. The fraction of sp³-hybridized carbons (Fsp3) is 0. The Morgan fingerprint density at radius 2 is 0.571 bits per heavy atom. The van der Waals surface area contributed by atoms with Gasteiger partial charge in [0.15, 0.2) is 0 Å². The highest BCUT2D eigenvalue weighted by atomic mass is 15.2. The summed E-state index contributed by atoms with van der Waals surface area (Å²) in [5.41, 5.74) is 19.2. The highest BCUT2D eigenvalue weighted by molar-refractivity contribution is 6.10. The summed E-state index contributed by atoms with van der Waals surface area (Å²) in [5, 5.41) is 7.17. The van der Waals surface area contributed by atoms with Gasteiger partial charge in [0.1, 0.15) is 0 Å². The van der Waals surface area contributed by atoms with Crippen molar-refractivity contribution in [3.63, 3.8) is 0 Å². The Morgan fingerprint density at radius 3 is 1.09 bits per heavy atom. The van der Waals surface area contributed by atoms with Crippen LogP contribution in [-0.2, 0) is 0 Å². The first-order valence-electron chi connectivity index (χ1n) is 26.4. The third-order valence-electron chi connectivity index (χ3n) is 15.1. The van der Waals surface area contributed by atoms with Gasteiger partial charge in [0.2, 0.25) is 0 Å². The van der Waals surface area contributed by atoms with Gasteiger partial charge in [0.25, 0.3) is 0 Å². The van der Waals surface area contributed by atoms with Gasteiger partial charge in [0, 0.05) is 50.6 Å². The summed E-state index contributed by atoms with van der Waals surface area (Å²) >= 11 is 0. The second-order valence-corrected chi connectivity index (χ2v) is 19.8. The average Bonchev–Trinajstić information content (AvgIpc) is 3.84. The molecule has 0 aliphatic carbocycles. The summed E-state index contributed by atoms with van der Waals surface area (Å²) in [7, 11) is 0. The van der Waals surface area contributed by atoms with E-state index >= 15 is 0 Å². The molecule has 0 saturated carbocycles. The fourth-order valence-electron chi connectivity index (χ4n) is 11.3. The molecule has 14 aromatic rings. The number of para-hydroxylation sites is 3. The largest absolute Gasteiger partial charge is 0.310 e. The molecule has 0 aliphatic heterocycles. The van der Waals surface area contributed by atoms with Crippen molar-refractivity contribution in [3.8, 4) is 50.2 Å². The number of rotatable bonds is 11. The number of aromatic nitrogens is 1. The van der Waals surface area contributed by atoms with Crippen LogP contribution in [0, 0.1) is 0 Å². The van der Waals surface area contributed by atoms with E-state index in [1.807, 2.05) is 0 Å². The molecule has 0 fully saturated rings. The van der Waals surface area contributed by atoms with Crippen molar-refractivity contribution in [2.24, 2.45) is 0 Å². The van der Waals surface area contributed by atoms with Crippen molar-refractivity contribution in [1.82, 2.24) is 4.57 Å². The summed E-state index contributed by atoms with van der Waals surface area (Å²) < 4.78 is 2.43. The molecule has 0 spiro atoms. The lowest BCUT2D eigenvalue weighted by Gasteiger charge is -2.30. The van der Waals surface area contributed by atoms with Crippen LogP contribution in [0.1, 0.15) is 0 Å². The molecule has 1 aromatic heterocycles. The van der Waals surface area contributed by atoms with Crippen molar-refractivity contribution in [2.75, 3.05) is 9.80 Å². The Labute approximate surface area is 449 Å². The van der Waals surface area contributed by atoms with E-state index in [1.165, 1.54) is 71.2 Å². The molecule has 1 heterocycles. The maximum atomic E-state index is 2.43. The topological polar surface area (TPSA) is 11.4 Å². The Balaban J connectivity index is 0.975. The number of fused-ring (bicyclic) bond motifs is 5. The smallest absolute Gasteiger partial charge is 0.0547 e. The highest BCUT2D eigenvalue weighted by Crippen LogP contribution is 2.46. The summed E-state index contributed by atoms with van der Waals surface area (Å²) in [4.78, 5) is 4.83.